The first kappa shape index (κ1) is 12.5. The lowest BCUT2D eigenvalue weighted by Crippen LogP contribution is -1.99. The number of nitrogens with zero attached hydrogens (tertiary/aromatic N) is 2. The molecule has 0 aliphatic heterocycles. The zero-order chi connectivity index (χ0) is 13.3. The summed E-state index contributed by atoms with van der Waals surface area (Å²) in [6.07, 6.45) is 0. The summed E-state index contributed by atoms with van der Waals surface area (Å²) in [7, 11) is 0. The second kappa shape index (κ2) is 4.75. The lowest BCUT2D eigenvalue weighted by Gasteiger charge is -2.12. The highest BCUT2D eigenvalue weighted by Gasteiger charge is 2.18. The van der Waals surface area contributed by atoms with Crippen molar-refractivity contribution in [2.75, 3.05) is 5.73 Å². The molecule has 2 N–H and O–H groups in total. The van der Waals surface area contributed by atoms with Gasteiger partial charge in [0.1, 0.15) is 5.82 Å². The summed E-state index contributed by atoms with van der Waals surface area (Å²) in [4.78, 5) is 5.18. The molecule has 1 aromatic heterocycles. The molecule has 0 aliphatic carbocycles. The largest absolute Gasteiger partial charge is 0.375 e. The molecule has 1 atom stereocenters. The normalized spacial score (nSPS) is 12.1. The number of aryl methyl sites for hydroxylation is 1. The van der Waals surface area contributed by atoms with E-state index in [0.717, 1.165) is 16.1 Å². The van der Waals surface area contributed by atoms with E-state index < -0.39 is 5.82 Å². The molecule has 3 nitrogen and oxygen atoms in total. The molecule has 1 aromatic carbocycles. The van der Waals surface area contributed by atoms with E-state index in [2.05, 4.69) is 4.98 Å². The summed E-state index contributed by atoms with van der Waals surface area (Å²) in [6, 6.07) is 6.30. The molecule has 1 unspecified atom stereocenters. The molecule has 0 radical (unpaired) electrons. The summed E-state index contributed by atoms with van der Waals surface area (Å²) in [5.74, 6) is -0.418. The van der Waals surface area contributed by atoms with Crippen LogP contribution in [0.5, 0.6) is 0 Å². The molecular formula is C13H12FN3S. The Morgan fingerprint density at radius 3 is 2.78 bits per heavy atom. The topological polar surface area (TPSA) is 62.7 Å². The van der Waals surface area contributed by atoms with Gasteiger partial charge in [0.2, 0.25) is 0 Å². The number of hydrogen-bond donors (Lipinski definition) is 1. The maximum atomic E-state index is 13.1. The van der Waals surface area contributed by atoms with Gasteiger partial charge in [-0.3, -0.25) is 0 Å². The fraction of sp³-hybridized carbons (Fsp3) is 0.231. The number of nitriles is 1. The first-order valence-corrected chi connectivity index (χ1v) is 6.27. The van der Waals surface area contributed by atoms with E-state index in [1.807, 2.05) is 19.9 Å². The SMILES string of the molecule is Cc1nc(N)sc1C(C)c1ccc(F)cc1C#N. The quantitative estimate of drug-likeness (QED) is 0.903. The molecule has 0 amide bonds. The highest BCUT2D eigenvalue weighted by atomic mass is 32.1. The van der Waals surface area contributed by atoms with Crippen molar-refractivity contribution in [1.29, 1.82) is 5.26 Å². The summed E-state index contributed by atoms with van der Waals surface area (Å²) in [6.45, 7) is 3.85. The van der Waals surface area contributed by atoms with Crippen molar-refractivity contribution in [3.05, 3.63) is 45.7 Å². The Bertz CT molecular complexity index is 628. The van der Waals surface area contributed by atoms with E-state index in [4.69, 9.17) is 11.0 Å². The summed E-state index contributed by atoms with van der Waals surface area (Å²) in [5, 5.41) is 9.57. The van der Waals surface area contributed by atoms with Crippen LogP contribution in [0, 0.1) is 24.1 Å². The van der Waals surface area contributed by atoms with Gasteiger partial charge in [0.25, 0.3) is 0 Å². The molecule has 0 bridgehead atoms. The predicted octanol–water partition coefficient (Wildman–Crippen LogP) is 3.20. The van der Waals surface area contributed by atoms with E-state index in [0.29, 0.717) is 10.7 Å². The van der Waals surface area contributed by atoms with Crippen molar-refractivity contribution in [2.24, 2.45) is 0 Å². The minimum absolute atomic E-state index is 0.0185. The number of aromatic nitrogens is 1. The number of rotatable bonds is 2. The van der Waals surface area contributed by atoms with Crippen LogP contribution in [0.4, 0.5) is 9.52 Å². The minimum Gasteiger partial charge on any atom is -0.375 e. The predicted molar refractivity (Wildman–Crippen MR) is 69.9 cm³/mol. The Labute approximate surface area is 109 Å². The van der Waals surface area contributed by atoms with Crippen molar-refractivity contribution in [3.8, 4) is 6.07 Å². The van der Waals surface area contributed by atoms with Crippen LogP contribution in [0.3, 0.4) is 0 Å². The summed E-state index contributed by atoms with van der Waals surface area (Å²) >= 11 is 1.40. The first-order chi connectivity index (χ1) is 8.52. The van der Waals surface area contributed by atoms with Gasteiger partial charge in [-0.15, -0.1) is 11.3 Å². The van der Waals surface area contributed by atoms with Crippen LogP contribution in [0.2, 0.25) is 0 Å². The second-order valence-electron chi connectivity index (χ2n) is 4.07. The number of nitrogens with two attached hydrogens (primary N) is 1. The summed E-state index contributed by atoms with van der Waals surface area (Å²) < 4.78 is 13.1. The Hall–Kier alpha value is -1.93. The number of halogens is 1. The molecule has 18 heavy (non-hydrogen) atoms. The molecule has 5 heteroatoms. The molecule has 1 heterocycles. The Morgan fingerprint density at radius 2 is 2.22 bits per heavy atom. The van der Waals surface area contributed by atoms with E-state index in [-0.39, 0.29) is 5.92 Å². The molecular weight excluding hydrogens is 249 g/mol. The van der Waals surface area contributed by atoms with Gasteiger partial charge in [-0.05, 0) is 24.6 Å². The Morgan fingerprint density at radius 1 is 1.50 bits per heavy atom. The van der Waals surface area contributed by atoms with Crippen LogP contribution in [-0.2, 0) is 0 Å². The van der Waals surface area contributed by atoms with Crippen LogP contribution in [0.15, 0.2) is 18.2 Å². The van der Waals surface area contributed by atoms with Gasteiger partial charge < -0.3 is 5.73 Å². The monoisotopic (exact) mass is 261 g/mol. The highest BCUT2D eigenvalue weighted by molar-refractivity contribution is 7.15. The van der Waals surface area contributed by atoms with Crippen LogP contribution in [0.25, 0.3) is 0 Å². The van der Waals surface area contributed by atoms with Crippen molar-refractivity contribution in [2.45, 2.75) is 19.8 Å². The van der Waals surface area contributed by atoms with E-state index >= 15 is 0 Å². The van der Waals surface area contributed by atoms with Crippen LogP contribution in [-0.4, -0.2) is 4.98 Å². The average molecular weight is 261 g/mol. The van der Waals surface area contributed by atoms with Crippen LogP contribution < -0.4 is 5.73 Å². The third-order valence-corrected chi connectivity index (χ3v) is 4.01. The maximum Gasteiger partial charge on any atom is 0.180 e. The number of anilines is 1. The lowest BCUT2D eigenvalue weighted by atomic mass is 9.94. The minimum atomic E-state index is -0.400. The molecule has 0 saturated heterocycles. The van der Waals surface area contributed by atoms with Crippen molar-refractivity contribution < 1.29 is 4.39 Å². The molecule has 0 aliphatic rings. The van der Waals surface area contributed by atoms with E-state index in [1.54, 1.807) is 6.07 Å². The zero-order valence-electron chi connectivity index (χ0n) is 10.1. The fourth-order valence-electron chi connectivity index (χ4n) is 1.98. The first-order valence-electron chi connectivity index (χ1n) is 5.45. The van der Waals surface area contributed by atoms with E-state index in [1.165, 1.54) is 23.5 Å². The average Bonchev–Trinajstić information content (AvgIpc) is 2.67. The molecule has 92 valence electrons. The molecule has 0 fully saturated rings. The lowest BCUT2D eigenvalue weighted by molar-refractivity contribution is 0.626. The van der Waals surface area contributed by atoms with Crippen molar-refractivity contribution in [1.82, 2.24) is 4.98 Å². The fourth-order valence-corrected chi connectivity index (χ4v) is 2.88. The Kier molecular flexibility index (Phi) is 3.30. The van der Waals surface area contributed by atoms with Gasteiger partial charge in [0.15, 0.2) is 5.13 Å². The van der Waals surface area contributed by atoms with Crippen molar-refractivity contribution in [3.63, 3.8) is 0 Å². The number of hydrogen-bond acceptors (Lipinski definition) is 4. The third kappa shape index (κ3) is 2.20. The third-order valence-electron chi connectivity index (χ3n) is 2.84. The van der Waals surface area contributed by atoms with Gasteiger partial charge in [0.05, 0.1) is 17.3 Å². The summed E-state index contributed by atoms with van der Waals surface area (Å²) in [5.41, 5.74) is 7.68. The Balaban J connectivity index is 2.49. The second-order valence-corrected chi connectivity index (χ2v) is 5.13. The maximum absolute atomic E-state index is 13.1. The molecule has 2 rings (SSSR count). The molecule has 0 spiro atoms. The smallest absolute Gasteiger partial charge is 0.180 e. The van der Waals surface area contributed by atoms with E-state index in [9.17, 15) is 4.39 Å². The zero-order valence-corrected chi connectivity index (χ0v) is 10.9. The highest BCUT2D eigenvalue weighted by Crippen LogP contribution is 2.34. The van der Waals surface area contributed by atoms with Gasteiger partial charge >= 0.3 is 0 Å². The standard InChI is InChI=1S/C13H12FN3S/c1-7(12-8(2)17-13(16)18-12)11-4-3-10(14)5-9(11)6-15/h3-5,7H,1-2H3,(H2,16,17). The van der Waals surface area contributed by atoms with Crippen LogP contribution >= 0.6 is 11.3 Å². The van der Waals surface area contributed by atoms with Crippen LogP contribution in [0.1, 0.15) is 34.5 Å². The number of benzene rings is 1. The van der Waals surface area contributed by atoms with Crippen molar-refractivity contribution >= 4 is 16.5 Å². The van der Waals surface area contributed by atoms with Gasteiger partial charge in [-0.2, -0.15) is 5.26 Å². The number of nitrogen functional groups attached to an aromatic ring is 1. The van der Waals surface area contributed by atoms with Gasteiger partial charge in [-0.1, -0.05) is 13.0 Å². The van der Waals surface area contributed by atoms with Gasteiger partial charge in [-0.25, -0.2) is 9.37 Å². The molecule has 0 saturated carbocycles. The molecule has 2 aromatic rings. The number of thiazole rings is 1. The van der Waals surface area contributed by atoms with Gasteiger partial charge in [0, 0.05) is 10.8 Å².